The predicted molar refractivity (Wildman–Crippen MR) is 118 cm³/mol. The summed E-state index contributed by atoms with van der Waals surface area (Å²) in [5.41, 5.74) is 2.73. The third-order valence-corrected chi connectivity index (χ3v) is 5.66. The molecule has 0 bridgehead atoms. The summed E-state index contributed by atoms with van der Waals surface area (Å²) in [5.74, 6) is -0.425. The van der Waals surface area contributed by atoms with Gasteiger partial charge in [0, 0.05) is 24.4 Å². The Hall–Kier alpha value is -3.98. The fourth-order valence-corrected chi connectivity index (χ4v) is 3.78. The zero-order valence-electron chi connectivity index (χ0n) is 16.4. The van der Waals surface area contributed by atoms with E-state index in [1.807, 2.05) is 42.5 Å². The minimum atomic E-state index is -0.510. The van der Waals surface area contributed by atoms with Gasteiger partial charge < -0.3 is 9.88 Å². The Morgan fingerprint density at radius 2 is 1.74 bits per heavy atom. The summed E-state index contributed by atoms with van der Waals surface area (Å²) in [5, 5.41) is 22.5. The van der Waals surface area contributed by atoms with Crippen LogP contribution in [0.25, 0.3) is 11.1 Å². The number of hydrogen-bond acceptors (Lipinski definition) is 6. The van der Waals surface area contributed by atoms with Gasteiger partial charge >= 0.3 is 0 Å². The lowest BCUT2D eigenvalue weighted by atomic mass is 10.1. The number of rotatable bonds is 6. The van der Waals surface area contributed by atoms with Crippen molar-refractivity contribution in [1.82, 2.24) is 14.8 Å². The van der Waals surface area contributed by atoms with Crippen LogP contribution in [-0.2, 0) is 7.05 Å². The number of amides is 1. The molecule has 1 amide bonds. The molecule has 0 aliphatic rings. The summed E-state index contributed by atoms with van der Waals surface area (Å²) in [6.07, 6.45) is 1.51. The summed E-state index contributed by atoms with van der Waals surface area (Å²) in [6.45, 7) is 0. The van der Waals surface area contributed by atoms with Crippen molar-refractivity contribution in [2.24, 2.45) is 7.05 Å². The van der Waals surface area contributed by atoms with Crippen LogP contribution in [-0.4, -0.2) is 25.6 Å². The number of anilines is 1. The van der Waals surface area contributed by atoms with E-state index in [4.69, 9.17) is 0 Å². The van der Waals surface area contributed by atoms with Crippen molar-refractivity contribution in [2.75, 3.05) is 5.32 Å². The topological polar surface area (TPSA) is 103 Å². The lowest BCUT2D eigenvalue weighted by molar-refractivity contribution is -0.387. The van der Waals surface area contributed by atoms with E-state index in [-0.39, 0.29) is 11.3 Å². The second-order valence-corrected chi connectivity index (χ2v) is 7.67. The molecular weight excluding hydrogens is 414 g/mol. The Balaban J connectivity index is 1.52. The number of benzene rings is 3. The van der Waals surface area contributed by atoms with Crippen LogP contribution in [0, 0.1) is 10.1 Å². The zero-order chi connectivity index (χ0) is 21.8. The minimum absolute atomic E-state index is 0.167. The molecule has 4 rings (SSSR count). The van der Waals surface area contributed by atoms with Gasteiger partial charge in [-0.15, -0.1) is 10.2 Å². The molecule has 4 aromatic rings. The van der Waals surface area contributed by atoms with Crippen molar-refractivity contribution in [1.29, 1.82) is 0 Å². The number of aryl methyl sites for hydroxylation is 1. The van der Waals surface area contributed by atoms with E-state index in [1.54, 1.807) is 35.9 Å². The highest BCUT2D eigenvalue weighted by atomic mass is 32.2. The molecule has 3 aromatic carbocycles. The molecule has 0 fully saturated rings. The van der Waals surface area contributed by atoms with Crippen molar-refractivity contribution in [3.05, 3.63) is 94.8 Å². The smallest absolute Gasteiger partial charge is 0.284 e. The highest BCUT2D eigenvalue weighted by molar-refractivity contribution is 7.99. The first kappa shape index (κ1) is 20.3. The molecule has 0 aliphatic heterocycles. The van der Waals surface area contributed by atoms with Crippen molar-refractivity contribution in [3.63, 3.8) is 0 Å². The van der Waals surface area contributed by atoms with Gasteiger partial charge in [0.1, 0.15) is 6.33 Å². The van der Waals surface area contributed by atoms with Crippen LogP contribution in [0.2, 0.25) is 0 Å². The number of aromatic nitrogens is 3. The fraction of sp³-hybridized carbons (Fsp3) is 0.0455. The first-order chi connectivity index (χ1) is 15.0. The molecule has 0 radical (unpaired) electrons. The summed E-state index contributed by atoms with van der Waals surface area (Å²) < 4.78 is 1.66. The van der Waals surface area contributed by atoms with Gasteiger partial charge in [0.05, 0.1) is 9.82 Å². The maximum atomic E-state index is 12.7. The molecule has 154 valence electrons. The van der Waals surface area contributed by atoms with E-state index in [0.717, 1.165) is 22.9 Å². The Bertz CT molecular complexity index is 1240. The van der Waals surface area contributed by atoms with E-state index in [2.05, 4.69) is 15.5 Å². The van der Waals surface area contributed by atoms with Crippen molar-refractivity contribution < 1.29 is 9.72 Å². The highest BCUT2D eigenvalue weighted by Crippen LogP contribution is 2.34. The highest BCUT2D eigenvalue weighted by Gasteiger charge is 2.20. The molecule has 0 spiro atoms. The molecule has 0 aliphatic carbocycles. The van der Waals surface area contributed by atoms with Crippen LogP contribution >= 0.6 is 11.8 Å². The van der Waals surface area contributed by atoms with Crippen molar-refractivity contribution >= 4 is 29.0 Å². The number of nitrogens with one attached hydrogen (secondary N) is 1. The molecule has 1 heterocycles. The van der Waals surface area contributed by atoms with Gasteiger partial charge in [-0.25, -0.2) is 0 Å². The lowest BCUT2D eigenvalue weighted by Crippen LogP contribution is -2.12. The maximum absolute atomic E-state index is 12.7. The van der Waals surface area contributed by atoms with Crippen molar-refractivity contribution in [2.45, 2.75) is 10.1 Å². The summed E-state index contributed by atoms with van der Waals surface area (Å²) >= 11 is 1.12. The van der Waals surface area contributed by atoms with E-state index >= 15 is 0 Å². The number of nitro benzene ring substituents is 1. The second kappa shape index (κ2) is 8.80. The fourth-order valence-electron chi connectivity index (χ4n) is 2.93. The molecule has 1 N–H and O–H groups in total. The van der Waals surface area contributed by atoms with Gasteiger partial charge in [0.15, 0.2) is 5.16 Å². The molecule has 1 aromatic heterocycles. The third kappa shape index (κ3) is 4.62. The van der Waals surface area contributed by atoms with Gasteiger partial charge in [0.25, 0.3) is 11.6 Å². The van der Waals surface area contributed by atoms with Crippen LogP contribution in [0.1, 0.15) is 10.4 Å². The first-order valence-corrected chi connectivity index (χ1v) is 10.1. The number of carbonyl (C=O) groups is 1. The Morgan fingerprint density at radius 3 is 2.39 bits per heavy atom. The van der Waals surface area contributed by atoms with Gasteiger partial charge in [-0.2, -0.15) is 0 Å². The monoisotopic (exact) mass is 431 g/mol. The summed E-state index contributed by atoms with van der Waals surface area (Å²) in [6, 6.07) is 21.7. The van der Waals surface area contributed by atoms with Crippen molar-refractivity contribution in [3.8, 4) is 11.1 Å². The Morgan fingerprint density at radius 1 is 1.03 bits per heavy atom. The molecule has 0 atom stereocenters. The predicted octanol–water partition coefficient (Wildman–Crippen LogP) is 4.79. The normalized spacial score (nSPS) is 10.6. The Kier molecular flexibility index (Phi) is 5.76. The second-order valence-electron chi connectivity index (χ2n) is 6.66. The number of carbonyl (C=O) groups excluding carboxylic acids is 1. The molecular formula is C22H17N5O3S. The van der Waals surface area contributed by atoms with Crippen LogP contribution in [0.4, 0.5) is 11.4 Å². The van der Waals surface area contributed by atoms with Crippen LogP contribution in [0.3, 0.4) is 0 Å². The molecule has 9 heteroatoms. The van der Waals surface area contributed by atoms with E-state index < -0.39 is 10.8 Å². The molecule has 31 heavy (non-hydrogen) atoms. The number of nitrogens with zero attached hydrogens (tertiary/aromatic N) is 4. The van der Waals surface area contributed by atoms with Crippen LogP contribution in [0.5, 0.6) is 0 Å². The molecule has 0 unspecified atom stereocenters. The molecule has 8 nitrogen and oxygen atoms in total. The molecule has 0 saturated carbocycles. The van der Waals surface area contributed by atoms with E-state index in [1.165, 1.54) is 12.4 Å². The zero-order valence-corrected chi connectivity index (χ0v) is 17.2. The minimum Gasteiger partial charge on any atom is -0.322 e. The quantitative estimate of drug-likeness (QED) is 0.348. The Labute approximate surface area is 182 Å². The largest absolute Gasteiger partial charge is 0.322 e. The lowest BCUT2D eigenvalue weighted by Gasteiger charge is -2.08. The number of nitro groups is 1. The maximum Gasteiger partial charge on any atom is 0.284 e. The summed E-state index contributed by atoms with van der Waals surface area (Å²) in [7, 11) is 1.75. The average molecular weight is 431 g/mol. The van der Waals surface area contributed by atoms with Gasteiger partial charge in [-0.3, -0.25) is 14.9 Å². The van der Waals surface area contributed by atoms with Gasteiger partial charge in [-0.05, 0) is 47.2 Å². The van der Waals surface area contributed by atoms with E-state index in [0.29, 0.717) is 15.7 Å². The number of hydrogen-bond donors (Lipinski definition) is 1. The summed E-state index contributed by atoms with van der Waals surface area (Å²) in [4.78, 5) is 24.1. The van der Waals surface area contributed by atoms with Crippen LogP contribution < -0.4 is 5.32 Å². The van der Waals surface area contributed by atoms with Gasteiger partial charge in [0.2, 0.25) is 0 Å². The van der Waals surface area contributed by atoms with Gasteiger partial charge in [-0.1, -0.05) is 42.5 Å². The first-order valence-electron chi connectivity index (χ1n) is 9.28. The average Bonchev–Trinajstić information content (AvgIpc) is 3.19. The SMILES string of the molecule is Cn1cnnc1Sc1ccc(C(=O)Nc2ccc(-c3ccccc3)cc2)cc1[N+](=O)[O-]. The third-order valence-electron chi connectivity index (χ3n) is 4.54. The standard InChI is InChI=1S/C22H17N5O3S/c1-26-14-23-25-22(26)31-20-12-9-17(13-19(20)27(29)30)21(28)24-18-10-7-16(8-11-18)15-5-3-2-4-6-15/h2-14H,1H3,(H,24,28). The molecule has 0 saturated heterocycles. The van der Waals surface area contributed by atoms with Crippen LogP contribution in [0.15, 0.2) is 89.2 Å². The van der Waals surface area contributed by atoms with E-state index in [9.17, 15) is 14.9 Å².